The van der Waals surface area contributed by atoms with Crippen LogP contribution in [0.25, 0.3) is 0 Å². The lowest BCUT2D eigenvalue weighted by molar-refractivity contribution is -0.158. The van der Waals surface area contributed by atoms with Crippen molar-refractivity contribution in [1.82, 2.24) is 14.9 Å². The molecular formula is C25H37N5O. The Morgan fingerprint density at radius 1 is 0.839 bits per heavy atom. The zero-order valence-electron chi connectivity index (χ0n) is 19.1. The maximum Gasteiger partial charge on any atom is 0.228 e. The Hall–Kier alpha value is -1.85. The number of amides is 1. The van der Waals surface area contributed by atoms with Gasteiger partial charge in [-0.2, -0.15) is 4.98 Å². The van der Waals surface area contributed by atoms with Crippen LogP contribution >= 0.6 is 0 Å². The molecule has 0 atom stereocenters. The molecule has 0 N–H and O–H groups in total. The molecule has 4 bridgehead atoms. The molecule has 2 saturated heterocycles. The highest BCUT2D eigenvalue weighted by Gasteiger charge is 2.55. The number of hydrogen-bond donors (Lipinski definition) is 0. The van der Waals surface area contributed by atoms with Gasteiger partial charge in [0.1, 0.15) is 5.82 Å². The Morgan fingerprint density at radius 3 is 2.06 bits per heavy atom. The lowest BCUT2D eigenvalue weighted by Gasteiger charge is -2.57. The molecule has 31 heavy (non-hydrogen) atoms. The normalized spacial score (nSPS) is 35.0. The Labute approximate surface area is 186 Å². The third-order valence-corrected chi connectivity index (χ3v) is 8.85. The Morgan fingerprint density at radius 2 is 1.45 bits per heavy atom. The van der Waals surface area contributed by atoms with Gasteiger partial charge in [-0.1, -0.05) is 0 Å². The van der Waals surface area contributed by atoms with E-state index in [0.29, 0.717) is 5.91 Å². The van der Waals surface area contributed by atoms with Crippen molar-refractivity contribution in [1.29, 1.82) is 0 Å². The van der Waals surface area contributed by atoms with Crippen molar-refractivity contribution < 1.29 is 4.79 Å². The van der Waals surface area contributed by atoms with Gasteiger partial charge in [0, 0.05) is 51.0 Å². The quantitative estimate of drug-likeness (QED) is 0.743. The summed E-state index contributed by atoms with van der Waals surface area (Å²) in [4.78, 5) is 30.3. The average Bonchev–Trinajstić information content (AvgIpc) is 2.78. The molecule has 6 fully saturated rings. The number of nitrogens with zero attached hydrogens (tertiary/aromatic N) is 5. The van der Waals surface area contributed by atoms with E-state index in [9.17, 15) is 4.79 Å². The van der Waals surface area contributed by atoms with Gasteiger partial charge in [-0.05, 0) is 82.5 Å². The molecule has 6 nitrogen and oxygen atoms in total. The molecule has 1 aromatic rings. The molecule has 4 saturated carbocycles. The molecule has 7 rings (SSSR count). The third-order valence-electron chi connectivity index (χ3n) is 8.85. The average molecular weight is 424 g/mol. The lowest BCUT2D eigenvalue weighted by atomic mass is 9.49. The number of anilines is 2. The first kappa shape index (κ1) is 19.8. The Balaban J connectivity index is 1.13. The largest absolute Gasteiger partial charge is 0.353 e. The summed E-state index contributed by atoms with van der Waals surface area (Å²) in [6.07, 6.45) is 11.5. The van der Waals surface area contributed by atoms with Gasteiger partial charge >= 0.3 is 0 Å². The predicted octanol–water partition coefficient (Wildman–Crippen LogP) is 3.64. The molecular weight excluding hydrogens is 386 g/mol. The topological polar surface area (TPSA) is 52.6 Å². The maximum atomic E-state index is 13.7. The summed E-state index contributed by atoms with van der Waals surface area (Å²) in [6.45, 7) is 7.64. The Kier molecular flexibility index (Phi) is 4.87. The number of piperidine rings is 1. The fraction of sp³-hybridized carbons (Fsp3) is 0.800. The van der Waals surface area contributed by atoms with Gasteiger partial charge in [-0.3, -0.25) is 4.79 Å². The second kappa shape index (κ2) is 7.63. The van der Waals surface area contributed by atoms with Crippen LogP contribution in [0.4, 0.5) is 11.8 Å². The number of carbonyl (C=O) groups is 1. The maximum absolute atomic E-state index is 13.7. The first-order chi connectivity index (χ1) is 15.1. The summed E-state index contributed by atoms with van der Waals surface area (Å²) in [5.74, 6) is 4.90. The first-order valence-corrected chi connectivity index (χ1v) is 12.7. The molecule has 0 spiro atoms. The van der Waals surface area contributed by atoms with E-state index in [1.54, 1.807) is 0 Å². The minimum absolute atomic E-state index is 0.0101. The van der Waals surface area contributed by atoms with E-state index < -0.39 is 0 Å². The second-order valence-electron chi connectivity index (χ2n) is 11.2. The minimum Gasteiger partial charge on any atom is -0.353 e. The van der Waals surface area contributed by atoms with Crippen molar-refractivity contribution in [3.05, 3.63) is 11.8 Å². The lowest BCUT2D eigenvalue weighted by Crippen LogP contribution is -2.58. The summed E-state index contributed by atoms with van der Waals surface area (Å²) < 4.78 is 0. The van der Waals surface area contributed by atoms with Gasteiger partial charge < -0.3 is 14.7 Å². The van der Waals surface area contributed by atoms with E-state index in [0.717, 1.165) is 74.5 Å². The van der Waals surface area contributed by atoms with Crippen LogP contribution in [0.15, 0.2) is 6.07 Å². The zero-order valence-corrected chi connectivity index (χ0v) is 19.1. The highest BCUT2D eigenvalue weighted by Crippen LogP contribution is 2.60. The van der Waals surface area contributed by atoms with Crippen LogP contribution in [-0.2, 0) is 4.79 Å². The highest BCUT2D eigenvalue weighted by atomic mass is 16.2. The number of aromatic nitrogens is 2. The monoisotopic (exact) mass is 423 g/mol. The standard InChI is InChI=1S/C25H37N5O/c1-18-11-22(27-24(26-18)30-5-3-2-4-6-30)28-7-9-29(10-8-28)23(31)25-15-19-12-20(16-25)14-21(13-19)17-25/h11,19-21H,2-10,12-17H2,1H3. The first-order valence-electron chi connectivity index (χ1n) is 12.7. The second-order valence-corrected chi connectivity index (χ2v) is 11.2. The summed E-state index contributed by atoms with van der Waals surface area (Å²) in [7, 11) is 0. The number of hydrogen-bond acceptors (Lipinski definition) is 5. The summed E-state index contributed by atoms with van der Waals surface area (Å²) >= 11 is 0. The number of piperazine rings is 1. The van der Waals surface area contributed by atoms with Crippen molar-refractivity contribution in [3.8, 4) is 0 Å². The van der Waals surface area contributed by atoms with E-state index in [4.69, 9.17) is 9.97 Å². The van der Waals surface area contributed by atoms with E-state index in [1.165, 1.54) is 57.8 Å². The van der Waals surface area contributed by atoms with Crippen LogP contribution in [-0.4, -0.2) is 60.0 Å². The van der Waals surface area contributed by atoms with Crippen LogP contribution in [0.1, 0.15) is 63.5 Å². The van der Waals surface area contributed by atoms with Gasteiger partial charge in [-0.25, -0.2) is 4.98 Å². The van der Waals surface area contributed by atoms with Crippen LogP contribution in [0.2, 0.25) is 0 Å². The van der Waals surface area contributed by atoms with Gasteiger partial charge in [0.15, 0.2) is 0 Å². The molecule has 3 heterocycles. The molecule has 0 unspecified atom stereocenters. The molecule has 168 valence electrons. The molecule has 2 aliphatic heterocycles. The number of carbonyl (C=O) groups excluding carboxylic acids is 1. The molecule has 0 radical (unpaired) electrons. The van der Waals surface area contributed by atoms with Crippen LogP contribution in [0.5, 0.6) is 0 Å². The van der Waals surface area contributed by atoms with Crippen molar-refractivity contribution in [3.63, 3.8) is 0 Å². The molecule has 0 aromatic carbocycles. The van der Waals surface area contributed by atoms with Crippen molar-refractivity contribution in [2.45, 2.75) is 64.7 Å². The number of rotatable bonds is 3. The fourth-order valence-corrected chi connectivity index (χ4v) is 7.78. The van der Waals surface area contributed by atoms with Gasteiger partial charge in [0.25, 0.3) is 0 Å². The fourth-order valence-electron chi connectivity index (χ4n) is 7.78. The van der Waals surface area contributed by atoms with Crippen molar-refractivity contribution >= 4 is 17.7 Å². The van der Waals surface area contributed by atoms with Gasteiger partial charge in [-0.15, -0.1) is 0 Å². The van der Waals surface area contributed by atoms with E-state index in [2.05, 4.69) is 27.7 Å². The van der Waals surface area contributed by atoms with E-state index in [-0.39, 0.29) is 5.41 Å². The van der Waals surface area contributed by atoms with Crippen LogP contribution in [0.3, 0.4) is 0 Å². The van der Waals surface area contributed by atoms with E-state index >= 15 is 0 Å². The zero-order chi connectivity index (χ0) is 21.0. The van der Waals surface area contributed by atoms with Gasteiger partial charge in [0.2, 0.25) is 11.9 Å². The summed E-state index contributed by atoms with van der Waals surface area (Å²) in [5.41, 5.74) is 1.03. The van der Waals surface area contributed by atoms with Gasteiger partial charge in [0.05, 0.1) is 5.41 Å². The van der Waals surface area contributed by atoms with E-state index in [1.807, 2.05) is 0 Å². The summed E-state index contributed by atoms with van der Waals surface area (Å²) in [6, 6.07) is 2.12. The Bertz CT molecular complexity index is 805. The smallest absolute Gasteiger partial charge is 0.228 e. The highest BCUT2D eigenvalue weighted by molar-refractivity contribution is 5.83. The van der Waals surface area contributed by atoms with Crippen molar-refractivity contribution in [2.24, 2.45) is 23.2 Å². The van der Waals surface area contributed by atoms with Crippen molar-refractivity contribution in [2.75, 3.05) is 49.1 Å². The molecule has 6 aliphatic rings. The predicted molar refractivity (Wildman–Crippen MR) is 122 cm³/mol. The molecule has 4 aliphatic carbocycles. The summed E-state index contributed by atoms with van der Waals surface area (Å²) in [5, 5.41) is 0. The SMILES string of the molecule is Cc1cc(N2CCN(C(=O)C34CC5CC(CC(C5)C3)C4)CC2)nc(N2CCCCC2)n1. The van der Waals surface area contributed by atoms with Crippen LogP contribution < -0.4 is 9.80 Å². The molecule has 1 amide bonds. The molecule has 6 heteroatoms. The number of aryl methyl sites for hydroxylation is 1. The molecule has 1 aromatic heterocycles. The third kappa shape index (κ3) is 3.60. The minimum atomic E-state index is -0.0101. The van der Waals surface area contributed by atoms with Crippen LogP contribution in [0, 0.1) is 30.1 Å².